The van der Waals surface area contributed by atoms with Crippen molar-refractivity contribution in [3.63, 3.8) is 0 Å². The molecule has 0 aromatic heterocycles. The van der Waals surface area contributed by atoms with Crippen molar-refractivity contribution < 1.29 is 9.59 Å². The highest BCUT2D eigenvalue weighted by Crippen LogP contribution is 2.23. The third-order valence-corrected chi connectivity index (χ3v) is 4.41. The Morgan fingerprint density at radius 1 is 1.14 bits per heavy atom. The molecule has 2 aromatic carbocycles. The summed E-state index contributed by atoms with van der Waals surface area (Å²) in [6.45, 7) is 6.68. The molecule has 0 fully saturated rings. The maximum Gasteiger partial charge on any atom is 0.254 e. The molecule has 3 N–H and O–H groups in total. The molecule has 0 saturated heterocycles. The monoisotopic (exact) mass is 378 g/mol. The van der Waals surface area contributed by atoms with Crippen molar-refractivity contribution in [2.24, 2.45) is 11.1 Å². The lowest BCUT2D eigenvalue weighted by Crippen LogP contribution is -2.41. The Hall–Kier alpha value is -3.17. The highest BCUT2D eigenvalue weighted by molar-refractivity contribution is 5.94. The predicted octanol–water partition coefficient (Wildman–Crippen LogP) is 3.14. The van der Waals surface area contributed by atoms with Gasteiger partial charge in [-0.1, -0.05) is 32.0 Å². The first kappa shape index (κ1) is 21.1. The SMILES string of the molecule is CC(=O)Nc1ccccc1CN(CC(C)(C)CN)C(=O)c1ccc(C#N)cc1. The fourth-order valence-electron chi connectivity index (χ4n) is 2.83. The van der Waals surface area contributed by atoms with Crippen molar-refractivity contribution in [2.45, 2.75) is 27.3 Å². The predicted molar refractivity (Wildman–Crippen MR) is 109 cm³/mol. The second-order valence-electron chi connectivity index (χ2n) is 7.56. The second-order valence-corrected chi connectivity index (χ2v) is 7.56. The molecule has 0 heterocycles. The Balaban J connectivity index is 2.36. The number of benzene rings is 2. The summed E-state index contributed by atoms with van der Waals surface area (Å²) in [6, 6.07) is 16.0. The Labute approximate surface area is 166 Å². The molecule has 0 bridgehead atoms. The number of hydrogen-bond acceptors (Lipinski definition) is 4. The van der Waals surface area contributed by atoms with Crippen LogP contribution in [-0.2, 0) is 11.3 Å². The first-order chi connectivity index (χ1) is 13.3. The van der Waals surface area contributed by atoms with Gasteiger partial charge in [0, 0.05) is 31.3 Å². The molecular weight excluding hydrogens is 352 g/mol. The van der Waals surface area contributed by atoms with E-state index in [-0.39, 0.29) is 17.2 Å². The van der Waals surface area contributed by atoms with E-state index in [1.807, 2.05) is 38.1 Å². The molecule has 2 rings (SSSR count). The van der Waals surface area contributed by atoms with Crippen LogP contribution in [-0.4, -0.2) is 29.8 Å². The van der Waals surface area contributed by atoms with Gasteiger partial charge in [-0.15, -0.1) is 0 Å². The lowest BCUT2D eigenvalue weighted by Gasteiger charge is -2.32. The van der Waals surface area contributed by atoms with Gasteiger partial charge < -0.3 is 16.0 Å². The lowest BCUT2D eigenvalue weighted by molar-refractivity contribution is -0.114. The lowest BCUT2D eigenvalue weighted by atomic mass is 9.92. The van der Waals surface area contributed by atoms with Gasteiger partial charge in [-0.05, 0) is 47.9 Å². The van der Waals surface area contributed by atoms with Crippen molar-refractivity contribution in [1.29, 1.82) is 5.26 Å². The zero-order valence-corrected chi connectivity index (χ0v) is 16.5. The Bertz CT molecular complexity index is 882. The van der Waals surface area contributed by atoms with Crippen LogP contribution >= 0.6 is 0 Å². The van der Waals surface area contributed by atoms with Gasteiger partial charge in [0.15, 0.2) is 0 Å². The van der Waals surface area contributed by atoms with Gasteiger partial charge in [-0.3, -0.25) is 9.59 Å². The van der Waals surface area contributed by atoms with Crippen LogP contribution in [0.1, 0.15) is 42.3 Å². The molecule has 28 heavy (non-hydrogen) atoms. The number of nitrogens with zero attached hydrogens (tertiary/aromatic N) is 2. The van der Waals surface area contributed by atoms with E-state index >= 15 is 0 Å². The molecule has 0 radical (unpaired) electrons. The highest BCUT2D eigenvalue weighted by atomic mass is 16.2. The summed E-state index contributed by atoms with van der Waals surface area (Å²) in [5.41, 5.74) is 8.14. The largest absolute Gasteiger partial charge is 0.334 e. The smallest absolute Gasteiger partial charge is 0.254 e. The number of nitriles is 1. The zero-order chi connectivity index (χ0) is 20.7. The van der Waals surface area contributed by atoms with Gasteiger partial charge in [-0.2, -0.15) is 5.26 Å². The Morgan fingerprint density at radius 2 is 1.79 bits per heavy atom. The molecule has 2 amide bonds. The summed E-state index contributed by atoms with van der Waals surface area (Å²) in [5.74, 6) is -0.316. The number of amides is 2. The average molecular weight is 378 g/mol. The van der Waals surface area contributed by atoms with Gasteiger partial charge in [0.05, 0.1) is 11.6 Å². The number of anilines is 1. The van der Waals surface area contributed by atoms with Gasteiger partial charge in [0.1, 0.15) is 0 Å². The highest BCUT2D eigenvalue weighted by Gasteiger charge is 2.25. The Morgan fingerprint density at radius 3 is 2.36 bits per heavy atom. The van der Waals surface area contributed by atoms with Crippen molar-refractivity contribution in [1.82, 2.24) is 4.90 Å². The summed E-state index contributed by atoms with van der Waals surface area (Å²) in [5, 5.41) is 11.8. The number of nitrogens with one attached hydrogen (secondary N) is 1. The van der Waals surface area contributed by atoms with E-state index in [9.17, 15) is 9.59 Å². The van der Waals surface area contributed by atoms with Crippen molar-refractivity contribution >= 4 is 17.5 Å². The molecule has 2 aromatic rings. The van der Waals surface area contributed by atoms with Gasteiger partial charge in [0.25, 0.3) is 5.91 Å². The van der Waals surface area contributed by atoms with Crippen molar-refractivity contribution in [2.75, 3.05) is 18.4 Å². The van der Waals surface area contributed by atoms with Crippen LogP contribution in [0.2, 0.25) is 0 Å². The van der Waals surface area contributed by atoms with Gasteiger partial charge in [-0.25, -0.2) is 0 Å². The fourth-order valence-corrected chi connectivity index (χ4v) is 2.83. The number of hydrogen-bond donors (Lipinski definition) is 2. The van der Waals surface area contributed by atoms with E-state index in [0.717, 1.165) is 5.56 Å². The molecule has 0 aliphatic rings. The van der Waals surface area contributed by atoms with Gasteiger partial charge in [0.2, 0.25) is 5.91 Å². The molecule has 0 aliphatic heterocycles. The maximum absolute atomic E-state index is 13.2. The van der Waals surface area contributed by atoms with E-state index in [2.05, 4.69) is 11.4 Å². The quantitative estimate of drug-likeness (QED) is 0.773. The third-order valence-electron chi connectivity index (χ3n) is 4.41. The van der Waals surface area contributed by atoms with E-state index in [1.54, 1.807) is 29.2 Å². The summed E-state index contributed by atoms with van der Waals surface area (Å²) in [4.78, 5) is 26.4. The second kappa shape index (κ2) is 9.16. The Kier molecular flexibility index (Phi) is 6.91. The van der Waals surface area contributed by atoms with E-state index in [4.69, 9.17) is 11.0 Å². The topological polar surface area (TPSA) is 99.2 Å². The minimum absolute atomic E-state index is 0.149. The van der Waals surface area contributed by atoms with E-state index < -0.39 is 0 Å². The third kappa shape index (κ3) is 5.66. The number of nitrogens with two attached hydrogens (primary N) is 1. The van der Waals surface area contributed by atoms with Gasteiger partial charge >= 0.3 is 0 Å². The molecule has 0 atom stereocenters. The van der Waals surface area contributed by atoms with Crippen LogP contribution in [0.3, 0.4) is 0 Å². The van der Waals surface area contributed by atoms with Crippen LogP contribution in [0, 0.1) is 16.7 Å². The number of carbonyl (C=O) groups is 2. The minimum Gasteiger partial charge on any atom is -0.334 e. The minimum atomic E-state index is -0.273. The van der Waals surface area contributed by atoms with Crippen LogP contribution in [0.25, 0.3) is 0 Å². The molecule has 6 heteroatoms. The summed E-state index contributed by atoms with van der Waals surface area (Å²) < 4.78 is 0. The summed E-state index contributed by atoms with van der Waals surface area (Å²) >= 11 is 0. The van der Waals surface area contributed by atoms with Crippen molar-refractivity contribution in [3.8, 4) is 6.07 Å². The average Bonchev–Trinajstić information content (AvgIpc) is 2.68. The molecule has 146 valence electrons. The van der Waals surface area contributed by atoms with Crippen molar-refractivity contribution in [3.05, 3.63) is 65.2 Å². The van der Waals surface area contributed by atoms with E-state index in [0.29, 0.717) is 36.4 Å². The molecule has 0 spiro atoms. The normalized spacial score (nSPS) is 10.8. The molecule has 0 saturated carbocycles. The van der Waals surface area contributed by atoms with Crippen LogP contribution < -0.4 is 11.1 Å². The zero-order valence-electron chi connectivity index (χ0n) is 16.5. The first-order valence-corrected chi connectivity index (χ1v) is 9.11. The fraction of sp³-hybridized carbons (Fsp3) is 0.318. The molecule has 6 nitrogen and oxygen atoms in total. The first-order valence-electron chi connectivity index (χ1n) is 9.11. The number of para-hydroxylation sites is 1. The number of carbonyl (C=O) groups excluding carboxylic acids is 2. The standard InChI is InChI=1S/C22H26N4O2/c1-16(27)25-20-7-5-4-6-19(20)13-26(15-22(2,3)14-24)21(28)18-10-8-17(12-23)9-11-18/h4-11H,13-15,24H2,1-3H3,(H,25,27). The summed E-state index contributed by atoms with van der Waals surface area (Å²) in [7, 11) is 0. The summed E-state index contributed by atoms with van der Waals surface area (Å²) in [6.07, 6.45) is 0. The molecule has 0 unspecified atom stereocenters. The molecular formula is C22H26N4O2. The van der Waals surface area contributed by atoms with Crippen LogP contribution in [0.4, 0.5) is 5.69 Å². The van der Waals surface area contributed by atoms with Crippen LogP contribution in [0.15, 0.2) is 48.5 Å². The maximum atomic E-state index is 13.2. The number of rotatable bonds is 7. The molecule has 0 aliphatic carbocycles. The van der Waals surface area contributed by atoms with E-state index in [1.165, 1.54) is 6.92 Å². The van der Waals surface area contributed by atoms with Crippen LogP contribution in [0.5, 0.6) is 0 Å².